The lowest BCUT2D eigenvalue weighted by molar-refractivity contribution is 0.0925. The molecule has 1 N–H and O–H groups in total. The average molecular weight is 401 g/mol. The minimum atomic E-state index is -3.30. The Morgan fingerprint density at radius 2 is 1.82 bits per heavy atom. The van der Waals surface area contributed by atoms with Gasteiger partial charge in [-0.3, -0.25) is 9.10 Å². The Labute approximate surface area is 167 Å². The molecule has 1 aliphatic heterocycles. The maximum atomic E-state index is 13.0. The van der Waals surface area contributed by atoms with Gasteiger partial charge in [0.15, 0.2) is 0 Å². The van der Waals surface area contributed by atoms with Crippen molar-refractivity contribution in [2.45, 2.75) is 39.7 Å². The molecular weight excluding hydrogens is 372 g/mol. The van der Waals surface area contributed by atoms with Gasteiger partial charge in [0, 0.05) is 12.1 Å². The van der Waals surface area contributed by atoms with Crippen LogP contribution in [0.5, 0.6) is 0 Å². The van der Waals surface area contributed by atoms with Crippen molar-refractivity contribution in [1.29, 1.82) is 0 Å². The molecule has 2 aromatic rings. The van der Waals surface area contributed by atoms with E-state index in [1.54, 1.807) is 24.3 Å². The van der Waals surface area contributed by atoms with E-state index in [0.29, 0.717) is 24.2 Å². The number of benzene rings is 2. The number of anilines is 1. The molecule has 6 heteroatoms. The maximum Gasteiger partial charge on any atom is 0.251 e. The standard InChI is InChI=1S/C22H28N2O3S/c1-16(2)21(20-12-5-4-9-17(20)3)23-22(25)18-10-8-11-19(15-18)24-13-6-7-14-28(24,26)27/h4-5,8-12,15-16,21H,6-7,13-14H2,1-3H3,(H,23,25)/t21-/m1/s1. The highest BCUT2D eigenvalue weighted by Crippen LogP contribution is 2.27. The fourth-order valence-electron chi connectivity index (χ4n) is 3.64. The van der Waals surface area contributed by atoms with Crippen molar-refractivity contribution < 1.29 is 13.2 Å². The van der Waals surface area contributed by atoms with Crippen LogP contribution < -0.4 is 9.62 Å². The monoisotopic (exact) mass is 400 g/mol. The number of rotatable bonds is 5. The average Bonchev–Trinajstić information content (AvgIpc) is 2.66. The van der Waals surface area contributed by atoms with Crippen molar-refractivity contribution in [2.24, 2.45) is 5.92 Å². The highest BCUT2D eigenvalue weighted by atomic mass is 32.2. The molecule has 0 radical (unpaired) electrons. The fourth-order valence-corrected chi connectivity index (χ4v) is 5.28. The Kier molecular flexibility index (Phi) is 6.08. The molecule has 1 aliphatic rings. The van der Waals surface area contributed by atoms with Crippen LogP contribution >= 0.6 is 0 Å². The first-order valence-electron chi connectivity index (χ1n) is 9.76. The number of aryl methyl sites for hydroxylation is 1. The minimum absolute atomic E-state index is 0.115. The summed E-state index contributed by atoms with van der Waals surface area (Å²) >= 11 is 0. The summed E-state index contributed by atoms with van der Waals surface area (Å²) in [5.41, 5.74) is 3.26. The molecule has 1 saturated heterocycles. The van der Waals surface area contributed by atoms with Crippen LogP contribution in [0.15, 0.2) is 48.5 Å². The number of carbonyl (C=O) groups excluding carboxylic acids is 1. The molecule has 0 aliphatic carbocycles. The first kappa shape index (κ1) is 20.4. The first-order chi connectivity index (χ1) is 13.3. The highest BCUT2D eigenvalue weighted by Gasteiger charge is 2.27. The van der Waals surface area contributed by atoms with Crippen molar-refractivity contribution >= 4 is 21.6 Å². The Bertz CT molecular complexity index is 954. The van der Waals surface area contributed by atoms with E-state index in [-0.39, 0.29) is 23.6 Å². The first-order valence-corrected chi connectivity index (χ1v) is 11.4. The van der Waals surface area contributed by atoms with Crippen LogP contribution in [-0.4, -0.2) is 26.6 Å². The molecule has 1 fully saturated rings. The lowest BCUT2D eigenvalue weighted by Gasteiger charge is -2.29. The number of nitrogens with one attached hydrogen (secondary N) is 1. The molecule has 0 unspecified atom stereocenters. The summed E-state index contributed by atoms with van der Waals surface area (Å²) in [6.07, 6.45) is 1.52. The largest absolute Gasteiger partial charge is 0.345 e. The molecule has 3 rings (SSSR count). The lowest BCUT2D eigenvalue weighted by Crippen LogP contribution is -2.38. The molecule has 1 heterocycles. The van der Waals surface area contributed by atoms with Gasteiger partial charge in [0.05, 0.1) is 17.5 Å². The van der Waals surface area contributed by atoms with Crippen LogP contribution in [0.25, 0.3) is 0 Å². The fraction of sp³-hybridized carbons (Fsp3) is 0.409. The zero-order valence-electron chi connectivity index (χ0n) is 16.7. The number of nitrogens with zero attached hydrogens (tertiary/aromatic N) is 1. The van der Waals surface area contributed by atoms with E-state index in [4.69, 9.17) is 0 Å². The lowest BCUT2D eigenvalue weighted by atomic mass is 9.92. The topological polar surface area (TPSA) is 66.5 Å². The van der Waals surface area contributed by atoms with Crippen molar-refractivity contribution in [3.05, 3.63) is 65.2 Å². The van der Waals surface area contributed by atoms with Gasteiger partial charge in [-0.1, -0.05) is 44.2 Å². The minimum Gasteiger partial charge on any atom is -0.345 e. The van der Waals surface area contributed by atoms with Gasteiger partial charge in [0.1, 0.15) is 0 Å². The number of carbonyl (C=O) groups is 1. The Hall–Kier alpha value is -2.34. The Morgan fingerprint density at radius 3 is 2.50 bits per heavy atom. The summed E-state index contributed by atoms with van der Waals surface area (Å²) in [6, 6.07) is 14.8. The van der Waals surface area contributed by atoms with Gasteiger partial charge in [0.2, 0.25) is 10.0 Å². The number of amides is 1. The number of hydrogen-bond donors (Lipinski definition) is 1. The zero-order chi connectivity index (χ0) is 20.3. The summed E-state index contributed by atoms with van der Waals surface area (Å²) in [4.78, 5) is 13.0. The Morgan fingerprint density at radius 1 is 1.07 bits per heavy atom. The van der Waals surface area contributed by atoms with Gasteiger partial charge in [-0.25, -0.2) is 8.42 Å². The van der Waals surface area contributed by atoms with Gasteiger partial charge in [-0.15, -0.1) is 0 Å². The summed E-state index contributed by atoms with van der Waals surface area (Å²) in [5.74, 6) is 0.181. The van der Waals surface area contributed by atoms with E-state index in [2.05, 4.69) is 19.2 Å². The summed E-state index contributed by atoms with van der Waals surface area (Å²) in [5, 5.41) is 3.13. The highest BCUT2D eigenvalue weighted by molar-refractivity contribution is 7.92. The zero-order valence-corrected chi connectivity index (χ0v) is 17.5. The second-order valence-electron chi connectivity index (χ2n) is 7.70. The summed E-state index contributed by atoms with van der Waals surface area (Å²) < 4.78 is 26.2. The van der Waals surface area contributed by atoms with Gasteiger partial charge in [-0.05, 0) is 55.0 Å². The van der Waals surface area contributed by atoms with E-state index < -0.39 is 10.0 Å². The summed E-state index contributed by atoms with van der Waals surface area (Å²) in [7, 11) is -3.30. The molecule has 0 bridgehead atoms. The van der Waals surface area contributed by atoms with Gasteiger partial charge in [-0.2, -0.15) is 0 Å². The van der Waals surface area contributed by atoms with Crippen LogP contribution in [0.4, 0.5) is 5.69 Å². The van der Waals surface area contributed by atoms with E-state index in [0.717, 1.165) is 17.5 Å². The third kappa shape index (κ3) is 4.38. The van der Waals surface area contributed by atoms with Crippen molar-refractivity contribution in [2.75, 3.05) is 16.6 Å². The molecule has 0 aromatic heterocycles. The van der Waals surface area contributed by atoms with Crippen LogP contribution in [-0.2, 0) is 10.0 Å². The molecule has 28 heavy (non-hydrogen) atoms. The van der Waals surface area contributed by atoms with E-state index in [1.165, 1.54) is 4.31 Å². The third-order valence-electron chi connectivity index (χ3n) is 5.22. The summed E-state index contributed by atoms with van der Waals surface area (Å²) in [6.45, 7) is 6.66. The quantitative estimate of drug-likeness (QED) is 0.823. The molecule has 5 nitrogen and oxygen atoms in total. The molecule has 0 saturated carbocycles. The molecule has 1 atom stereocenters. The smallest absolute Gasteiger partial charge is 0.251 e. The maximum absolute atomic E-state index is 13.0. The molecule has 1 amide bonds. The van der Waals surface area contributed by atoms with Crippen LogP contribution in [0.3, 0.4) is 0 Å². The number of hydrogen-bond acceptors (Lipinski definition) is 3. The molecule has 2 aromatic carbocycles. The van der Waals surface area contributed by atoms with Crippen LogP contribution in [0, 0.1) is 12.8 Å². The van der Waals surface area contributed by atoms with Gasteiger partial charge >= 0.3 is 0 Å². The molecular formula is C22H28N2O3S. The van der Waals surface area contributed by atoms with Crippen LogP contribution in [0.1, 0.15) is 54.2 Å². The second-order valence-corrected chi connectivity index (χ2v) is 9.71. The van der Waals surface area contributed by atoms with Gasteiger partial charge < -0.3 is 5.32 Å². The number of sulfonamides is 1. The Balaban J connectivity index is 1.85. The van der Waals surface area contributed by atoms with Crippen molar-refractivity contribution in [1.82, 2.24) is 5.32 Å². The normalized spacial score (nSPS) is 17.4. The van der Waals surface area contributed by atoms with Crippen molar-refractivity contribution in [3.63, 3.8) is 0 Å². The van der Waals surface area contributed by atoms with E-state index in [1.807, 2.05) is 31.2 Å². The molecule has 0 spiro atoms. The second kappa shape index (κ2) is 8.35. The predicted molar refractivity (Wildman–Crippen MR) is 113 cm³/mol. The van der Waals surface area contributed by atoms with Gasteiger partial charge in [0.25, 0.3) is 5.91 Å². The van der Waals surface area contributed by atoms with E-state index >= 15 is 0 Å². The van der Waals surface area contributed by atoms with Crippen LogP contribution in [0.2, 0.25) is 0 Å². The third-order valence-corrected chi connectivity index (χ3v) is 7.09. The predicted octanol–water partition coefficient (Wildman–Crippen LogP) is 4.05. The van der Waals surface area contributed by atoms with E-state index in [9.17, 15) is 13.2 Å². The molecule has 150 valence electrons. The SMILES string of the molecule is Cc1ccccc1[C@H](NC(=O)c1cccc(N2CCCCS2(=O)=O)c1)C(C)C. The van der Waals surface area contributed by atoms with Crippen molar-refractivity contribution in [3.8, 4) is 0 Å².